The Morgan fingerprint density at radius 1 is 1.02 bits per heavy atom. The lowest BCUT2D eigenvalue weighted by Gasteiger charge is -2.33. The van der Waals surface area contributed by atoms with E-state index in [1.165, 1.54) is 4.90 Å². The molecule has 0 aliphatic carbocycles. The van der Waals surface area contributed by atoms with Gasteiger partial charge >= 0.3 is 5.97 Å². The number of halogens is 3. The number of hydrogen-bond acceptors (Lipinski definition) is 4. The monoisotopic (exact) mass is 566 g/mol. The summed E-state index contributed by atoms with van der Waals surface area (Å²) in [6.45, 7) is 5.38. The molecule has 0 bridgehead atoms. The molecule has 0 aromatic heterocycles. The normalized spacial score (nSPS) is 14.4. The maximum absolute atomic E-state index is 14.6. The fourth-order valence-electron chi connectivity index (χ4n) is 4.42. The van der Waals surface area contributed by atoms with E-state index in [0.29, 0.717) is 11.3 Å². The zero-order chi connectivity index (χ0) is 29.0. The molecule has 2 amide bonds. The molecular formula is C31H29ClF2N2O4. The Balaban J connectivity index is 1.57. The second-order valence-corrected chi connectivity index (χ2v) is 10.9. The largest absolute Gasteiger partial charge is 0.456 e. The average Bonchev–Trinajstić information content (AvgIpc) is 2.90. The summed E-state index contributed by atoms with van der Waals surface area (Å²) < 4.78 is 34.4. The van der Waals surface area contributed by atoms with Crippen molar-refractivity contribution < 1.29 is 27.9 Å². The number of rotatable bonds is 7. The highest BCUT2D eigenvalue weighted by Crippen LogP contribution is 2.32. The van der Waals surface area contributed by atoms with Gasteiger partial charge in [0.15, 0.2) is 5.82 Å². The molecule has 1 N–H and O–H groups in total. The van der Waals surface area contributed by atoms with E-state index in [9.17, 15) is 23.2 Å². The molecule has 6 nitrogen and oxygen atoms in total. The van der Waals surface area contributed by atoms with Crippen molar-refractivity contribution in [2.24, 2.45) is 0 Å². The lowest BCUT2D eigenvalue weighted by molar-refractivity contribution is -0.135. The summed E-state index contributed by atoms with van der Waals surface area (Å²) in [4.78, 5) is 40.5. The molecule has 3 aromatic carbocycles. The predicted octanol–water partition coefficient (Wildman–Crippen LogP) is 6.44. The highest BCUT2D eigenvalue weighted by Gasteiger charge is 2.33. The maximum Gasteiger partial charge on any atom is 0.338 e. The molecule has 0 saturated heterocycles. The first kappa shape index (κ1) is 29.0. The molecule has 0 fully saturated rings. The van der Waals surface area contributed by atoms with Crippen LogP contribution in [0.25, 0.3) is 5.57 Å². The van der Waals surface area contributed by atoms with Crippen LogP contribution < -0.4 is 5.32 Å². The van der Waals surface area contributed by atoms with Crippen LogP contribution in [0.5, 0.6) is 0 Å². The first-order valence-electron chi connectivity index (χ1n) is 12.8. The van der Waals surface area contributed by atoms with Gasteiger partial charge in [-0.25, -0.2) is 13.6 Å². The maximum atomic E-state index is 14.6. The molecule has 1 heterocycles. The van der Waals surface area contributed by atoms with Gasteiger partial charge in [0.2, 0.25) is 11.8 Å². The summed E-state index contributed by atoms with van der Waals surface area (Å²) >= 11 is 5.84. The fourth-order valence-corrected chi connectivity index (χ4v) is 4.57. The fraction of sp³-hybridized carbons (Fsp3) is 0.258. The van der Waals surface area contributed by atoms with Gasteiger partial charge < -0.3 is 15.0 Å². The van der Waals surface area contributed by atoms with Crippen molar-refractivity contribution in [2.75, 3.05) is 11.9 Å². The summed E-state index contributed by atoms with van der Waals surface area (Å²) in [5, 5.41) is 2.58. The third-order valence-electron chi connectivity index (χ3n) is 6.31. The number of benzene rings is 3. The van der Waals surface area contributed by atoms with Crippen LogP contribution in [0.1, 0.15) is 48.7 Å². The van der Waals surface area contributed by atoms with Gasteiger partial charge in [-0.3, -0.25) is 9.59 Å². The summed E-state index contributed by atoms with van der Waals surface area (Å²) in [6, 6.07) is 16.7. The zero-order valence-electron chi connectivity index (χ0n) is 22.3. The number of anilines is 1. The second kappa shape index (κ2) is 12.0. The van der Waals surface area contributed by atoms with Crippen LogP contribution >= 0.6 is 11.6 Å². The van der Waals surface area contributed by atoms with Crippen LogP contribution in [-0.4, -0.2) is 40.9 Å². The van der Waals surface area contributed by atoms with Gasteiger partial charge in [0.05, 0.1) is 16.1 Å². The highest BCUT2D eigenvalue weighted by atomic mass is 35.5. The first-order chi connectivity index (χ1) is 18.9. The van der Waals surface area contributed by atoms with Gasteiger partial charge in [0, 0.05) is 24.7 Å². The lowest BCUT2D eigenvalue weighted by atomic mass is 9.95. The van der Waals surface area contributed by atoms with Crippen LogP contribution in [-0.2, 0) is 20.7 Å². The molecule has 1 atom stereocenters. The van der Waals surface area contributed by atoms with Gasteiger partial charge in [-0.15, -0.1) is 0 Å². The van der Waals surface area contributed by atoms with Crippen LogP contribution in [0, 0.1) is 11.6 Å². The van der Waals surface area contributed by atoms with Crippen molar-refractivity contribution in [1.82, 2.24) is 4.90 Å². The third kappa shape index (κ3) is 6.93. The molecule has 0 saturated carbocycles. The van der Waals surface area contributed by atoms with E-state index in [1.54, 1.807) is 45.0 Å². The zero-order valence-corrected chi connectivity index (χ0v) is 23.1. The van der Waals surface area contributed by atoms with Crippen molar-refractivity contribution in [3.05, 3.63) is 106 Å². The van der Waals surface area contributed by atoms with E-state index >= 15 is 0 Å². The van der Waals surface area contributed by atoms with E-state index in [1.807, 2.05) is 30.3 Å². The minimum Gasteiger partial charge on any atom is -0.456 e. The predicted molar refractivity (Wildman–Crippen MR) is 150 cm³/mol. The van der Waals surface area contributed by atoms with E-state index in [-0.39, 0.29) is 35.5 Å². The smallest absolute Gasteiger partial charge is 0.338 e. The van der Waals surface area contributed by atoms with Gasteiger partial charge in [-0.2, -0.15) is 0 Å². The van der Waals surface area contributed by atoms with Crippen molar-refractivity contribution in [2.45, 2.75) is 45.3 Å². The van der Waals surface area contributed by atoms with Crippen LogP contribution in [0.3, 0.4) is 0 Å². The Labute approximate surface area is 236 Å². The number of carbonyl (C=O) groups is 3. The number of carbonyl (C=O) groups excluding carboxylic acids is 3. The number of ether oxygens (including phenoxy) is 1. The topological polar surface area (TPSA) is 75.7 Å². The molecule has 4 rings (SSSR count). The molecule has 1 aliphatic heterocycles. The third-order valence-corrected chi connectivity index (χ3v) is 6.60. The summed E-state index contributed by atoms with van der Waals surface area (Å²) in [5.41, 5.74) is 0.786. The highest BCUT2D eigenvalue weighted by molar-refractivity contribution is 6.31. The van der Waals surface area contributed by atoms with E-state index in [4.69, 9.17) is 16.3 Å². The molecule has 1 aliphatic rings. The van der Waals surface area contributed by atoms with Crippen LogP contribution in [0.4, 0.5) is 14.5 Å². The Bertz CT molecular complexity index is 1450. The van der Waals surface area contributed by atoms with E-state index in [2.05, 4.69) is 5.32 Å². The second-order valence-electron chi connectivity index (χ2n) is 10.4. The SMILES string of the molecule is CC(C)(C)OC(=O)c1ccc(NC(=O)C(Cc2ccccc2)N2CCC(c3c(F)ccc(Cl)c3F)=CC2=O)cc1. The molecule has 9 heteroatoms. The number of nitrogens with one attached hydrogen (secondary N) is 1. The average molecular weight is 567 g/mol. The van der Waals surface area contributed by atoms with E-state index < -0.39 is 41.1 Å². The summed E-state index contributed by atoms with van der Waals surface area (Å²) in [6.07, 6.45) is 1.50. The van der Waals surface area contributed by atoms with Crippen molar-refractivity contribution in [3.8, 4) is 0 Å². The first-order valence-corrected chi connectivity index (χ1v) is 13.1. The Morgan fingerprint density at radius 3 is 2.33 bits per heavy atom. The summed E-state index contributed by atoms with van der Waals surface area (Å²) in [5.74, 6) is -3.22. The lowest BCUT2D eigenvalue weighted by Crippen LogP contribution is -2.49. The molecular weight excluding hydrogens is 538 g/mol. The molecule has 0 spiro atoms. The van der Waals surface area contributed by atoms with E-state index in [0.717, 1.165) is 23.8 Å². The molecule has 1 unspecified atom stereocenters. The number of nitrogens with zero attached hydrogens (tertiary/aromatic N) is 1. The van der Waals surface area contributed by atoms with Gasteiger partial charge in [-0.1, -0.05) is 41.9 Å². The Morgan fingerprint density at radius 2 is 1.70 bits per heavy atom. The summed E-state index contributed by atoms with van der Waals surface area (Å²) in [7, 11) is 0. The van der Waals surface area contributed by atoms with Crippen LogP contribution in [0.2, 0.25) is 5.02 Å². The molecule has 40 heavy (non-hydrogen) atoms. The number of hydrogen-bond donors (Lipinski definition) is 1. The molecule has 208 valence electrons. The molecule has 3 aromatic rings. The van der Waals surface area contributed by atoms with Gasteiger partial charge in [0.25, 0.3) is 0 Å². The quantitative estimate of drug-likeness (QED) is 0.264. The van der Waals surface area contributed by atoms with Gasteiger partial charge in [0.1, 0.15) is 17.5 Å². The Kier molecular flexibility index (Phi) is 8.69. The van der Waals surface area contributed by atoms with Crippen molar-refractivity contribution in [1.29, 1.82) is 0 Å². The molecule has 0 radical (unpaired) electrons. The van der Waals surface area contributed by atoms with Gasteiger partial charge in [-0.05, 0) is 74.7 Å². The van der Waals surface area contributed by atoms with Crippen LogP contribution in [0.15, 0.2) is 72.8 Å². The Hall–Kier alpha value is -4.04. The van der Waals surface area contributed by atoms with Crippen molar-refractivity contribution in [3.63, 3.8) is 0 Å². The minimum absolute atomic E-state index is 0.0680. The minimum atomic E-state index is -0.928. The number of amides is 2. The standard InChI is InChI=1S/C31H29ClF2N2O4/c1-31(2,3)40-30(39)20-9-11-22(12-10-20)35-29(38)25(17-19-7-5-4-6-8-19)36-16-15-21(18-26(36)37)27-24(33)14-13-23(32)28(27)34/h4-14,18,25H,15-17H2,1-3H3,(H,35,38). The number of esters is 1. The van der Waals surface area contributed by atoms with Crippen molar-refractivity contribution >= 4 is 40.6 Å².